The molecule has 3 aromatic rings. The molecule has 0 atom stereocenters. The van der Waals surface area contributed by atoms with E-state index in [1.54, 1.807) is 10.6 Å². The molecule has 0 bridgehead atoms. The number of hydrogen-bond donors (Lipinski definition) is 0. The van der Waals surface area contributed by atoms with Gasteiger partial charge in [-0.3, -0.25) is 0 Å². The number of aryl methyl sites for hydroxylation is 1. The van der Waals surface area contributed by atoms with Crippen LogP contribution < -0.4 is 0 Å². The lowest BCUT2D eigenvalue weighted by molar-refractivity contribution is 0.0540. The molecule has 0 amide bonds. The van der Waals surface area contributed by atoms with Gasteiger partial charge in [0.25, 0.3) is 0 Å². The van der Waals surface area contributed by atoms with Crippen molar-refractivity contribution in [1.82, 2.24) is 4.57 Å². The third-order valence-electron chi connectivity index (χ3n) is 4.38. The van der Waals surface area contributed by atoms with Crippen molar-refractivity contribution >= 4 is 23.0 Å². The quantitative estimate of drug-likeness (QED) is 0.593. The lowest BCUT2D eigenvalue weighted by Crippen LogP contribution is -2.27. The lowest BCUT2D eigenvalue weighted by atomic mass is 10.0. The van der Waals surface area contributed by atoms with Gasteiger partial charge in [0.15, 0.2) is 0 Å². The first-order valence-corrected chi connectivity index (χ1v) is 9.19. The minimum absolute atomic E-state index is 0.345. The van der Waals surface area contributed by atoms with Crippen LogP contribution in [-0.4, -0.2) is 29.3 Å². The van der Waals surface area contributed by atoms with Crippen LogP contribution >= 0.6 is 0 Å². The molecule has 0 N–H and O–H groups in total. The lowest BCUT2D eigenvalue weighted by Gasteiger charge is -2.20. The second-order valence-corrected chi connectivity index (χ2v) is 7.86. The Morgan fingerprint density at radius 2 is 1.71 bits per heavy atom. The first-order valence-electron chi connectivity index (χ1n) is 9.19. The molecule has 5 heteroatoms. The first-order chi connectivity index (χ1) is 13.2. The van der Waals surface area contributed by atoms with Crippen molar-refractivity contribution in [2.45, 2.75) is 39.7 Å². The summed E-state index contributed by atoms with van der Waals surface area (Å²) in [5.74, 6) is -0.345. The van der Waals surface area contributed by atoms with Crippen LogP contribution in [0.2, 0.25) is 0 Å². The fourth-order valence-electron chi connectivity index (χ4n) is 3.22. The van der Waals surface area contributed by atoms with Gasteiger partial charge in [-0.25, -0.2) is 14.2 Å². The molecule has 3 rings (SSSR count). The number of rotatable bonds is 3. The monoisotopic (exact) mass is 379 g/mol. The molecule has 0 saturated heterocycles. The Labute approximate surface area is 164 Å². The summed E-state index contributed by atoms with van der Waals surface area (Å²) in [5, 5.41) is 0.977. The molecule has 28 heavy (non-hydrogen) atoms. The Hall–Kier alpha value is -3.08. The molecular weight excluding hydrogens is 354 g/mol. The molecule has 0 saturated carbocycles. The normalized spacial score (nSPS) is 11.5. The van der Waals surface area contributed by atoms with Gasteiger partial charge in [-0.15, -0.1) is 0 Å². The molecule has 146 valence electrons. The molecule has 0 radical (unpaired) electrons. The minimum atomic E-state index is -0.551. The molecule has 0 unspecified atom stereocenters. The summed E-state index contributed by atoms with van der Waals surface area (Å²) in [6.45, 7) is 7.45. The van der Waals surface area contributed by atoms with Crippen molar-refractivity contribution in [3.8, 4) is 0 Å². The summed E-state index contributed by atoms with van der Waals surface area (Å²) in [6, 6.07) is 15.4. The third kappa shape index (κ3) is 4.25. The molecule has 2 aromatic carbocycles. The summed E-state index contributed by atoms with van der Waals surface area (Å²) in [4.78, 5) is 24.3. The Bertz CT molecular complexity index is 1040. The van der Waals surface area contributed by atoms with Gasteiger partial charge in [0, 0.05) is 11.1 Å². The topological polar surface area (TPSA) is 57.5 Å². The number of ether oxygens (including phenoxy) is 2. The Kier molecular flexibility index (Phi) is 5.27. The molecule has 1 heterocycles. The van der Waals surface area contributed by atoms with E-state index in [0.29, 0.717) is 12.0 Å². The Morgan fingerprint density at radius 3 is 2.39 bits per heavy atom. The van der Waals surface area contributed by atoms with Crippen molar-refractivity contribution < 1.29 is 19.1 Å². The number of hydrogen-bond acceptors (Lipinski definition) is 4. The van der Waals surface area contributed by atoms with E-state index in [9.17, 15) is 9.59 Å². The maximum atomic E-state index is 12.6. The van der Waals surface area contributed by atoms with E-state index in [1.807, 2.05) is 64.1 Å². The predicted octanol–water partition coefficient (Wildman–Crippen LogP) is 5.11. The average Bonchev–Trinajstić information content (AvgIpc) is 2.95. The molecule has 0 aliphatic carbocycles. The number of aromatic nitrogens is 1. The Morgan fingerprint density at radius 1 is 1.00 bits per heavy atom. The van der Waals surface area contributed by atoms with Crippen LogP contribution in [-0.2, 0) is 15.9 Å². The van der Waals surface area contributed by atoms with Crippen molar-refractivity contribution in [2.75, 3.05) is 7.11 Å². The molecule has 1 aromatic heterocycles. The number of nitrogens with zero attached hydrogens (tertiary/aromatic N) is 1. The minimum Gasteiger partial charge on any atom is -0.465 e. The number of methoxy groups -OCH3 is 1. The average molecular weight is 379 g/mol. The summed E-state index contributed by atoms with van der Waals surface area (Å²) >= 11 is 0. The van der Waals surface area contributed by atoms with E-state index >= 15 is 0 Å². The van der Waals surface area contributed by atoms with Crippen LogP contribution in [0, 0.1) is 6.92 Å². The SMILES string of the molecule is COC(=O)c1cccc(Cc2ccc3c(c2)cc(C)n3C(=O)OC(C)(C)C)c1. The van der Waals surface area contributed by atoms with E-state index < -0.39 is 5.60 Å². The number of carbonyl (C=O) groups excluding carboxylic acids is 2. The highest BCUT2D eigenvalue weighted by Gasteiger charge is 2.21. The van der Waals surface area contributed by atoms with Crippen molar-refractivity contribution in [1.29, 1.82) is 0 Å². The molecular formula is C23H25NO4. The van der Waals surface area contributed by atoms with E-state index in [2.05, 4.69) is 6.07 Å². The van der Waals surface area contributed by atoms with Gasteiger partial charge in [-0.1, -0.05) is 18.2 Å². The molecule has 0 aliphatic heterocycles. The van der Waals surface area contributed by atoms with Gasteiger partial charge in [0.1, 0.15) is 5.60 Å². The fraction of sp³-hybridized carbons (Fsp3) is 0.304. The zero-order valence-electron chi connectivity index (χ0n) is 16.9. The Balaban J connectivity index is 1.90. The zero-order chi connectivity index (χ0) is 20.5. The second kappa shape index (κ2) is 7.50. The number of fused-ring (bicyclic) bond motifs is 1. The van der Waals surface area contributed by atoms with Crippen LogP contribution in [0.15, 0.2) is 48.5 Å². The van der Waals surface area contributed by atoms with Crippen LogP contribution in [0.4, 0.5) is 4.79 Å². The van der Waals surface area contributed by atoms with Crippen LogP contribution in [0.25, 0.3) is 10.9 Å². The molecule has 5 nitrogen and oxygen atoms in total. The van der Waals surface area contributed by atoms with Gasteiger partial charge >= 0.3 is 12.1 Å². The van der Waals surface area contributed by atoms with Crippen molar-refractivity contribution in [3.63, 3.8) is 0 Å². The number of benzene rings is 2. The smallest absolute Gasteiger partial charge is 0.419 e. The second-order valence-electron chi connectivity index (χ2n) is 7.86. The predicted molar refractivity (Wildman–Crippen MR) is 109 cm³/mol. The van der Waals surface area contributed by atoms with E-state index in [-0.39, 0.29) is 12.1 Å². The van der Waals surface area contributed by atoms with Crippen molar-refractivity contribution in [2.24, 2.45) is 0 Å². The first kappa shape index (κ1) is 19.7. The fourth-order valence-corrected chi connectivity index (χ4v) is 3.22. The molecule has 0 fully saturated rings. The number of esters is 1. The maximum absolute atomic E-state index is 12.6. The summed E-state index contributed by atoms with van der Waals surface area (Å²) < 4.78 is 11.9. The summed E-state index contributed by atoms with van der Waals surface area (Å²) in [7, 11) is 1.38. The van der Waals surface area contributed by atoms with Gasteiger partial charge < -0.3 is 9.47 Å². The maximum Gasteiger partial charge on any atom is 0.419 e. The standard InChI is InChI=1S/C23H25NO4/c1-15-11-19-14-17(12-16-7-6-8-18(13-16)21(25)27-5)9-10-20(19)24(15)22(26)28-23(2,3)4/h6-11,13-14H,12H2,1-5H3. The van der Waals surface area contributed by atoms with Crippen LogP contribution in [0.5, 0.6) is 0 Å². The summed E-state index contributed by atoms with van der Waals surface area (Å²) in [6.07, 6.45) is 0.302. The zero-order valence-corrected chi connectivity index (χ0v) is 16.9. The van der Waals surface area contributed by atoms with Gasteiger partial charge in [0.2, 0.25) is 0 Å². The molecule has 0 aliphatic rings. The van der Waals surface area contributed by atoms with Gasteiger partial charge in [0.05, 0.1) is 18.2 Å². The summed E-state index contributed by atoms with van der Waals surface area (Å²) in [5.41, 5.74) is 3.74. The molecule has 0 spiro atoms. The highest BCUT2D eigenvalue weighted by Crippen LogP contribution is 2.24. The van der Waals surface area contributed by atoms with Crippen molar-refractivity contribution in [3.05, 3.63) is 70.9 Å². The van der Waals surface area contributed by atoms with E-state index in [0.717, 1.165) is 27.7 Å². The van der Waals surface area contributed by atoms with E-state index in [4.69, 9.17) is 9.47 Å². The largest absolute Gasteiger partial charge is 0.465 e. The highest BCUT2D eigenvalue weighted by molar-refractivity contribution is 5.91. The van der Waals surface area contributed by atoms with Gasteiger partial charge in [-0.05, 0) is 75.6 Å². The number of carbonyl (C=O) groups is 2. The third-order valence-corrected chi connectivity index (χ3v) is 4.38. The van der Waals surface area contributed by atoms with Crippen LogP contribution in [0.1, 0.15) is 48.0 Å². The highest BCUT2D eigenvalue weighted by atomic mass is 16.6. The van der Waals surface area contributed by atoms with E-state index in [1.165, 1.54) is 7.11 Å². The van der Waals surface area contributed by atoms with Gasteiger partial charge in [-0.2, -0.15) is 0 Å². The van der Waals surface area contributed by atoms with Crippen LogP contribution in [0.3, 0.4) is 0 Å².